The Labute approximate surface area is 146 Å². The number of benzene rings is 2. The van der Waals surface area contributed by atoms with Crippen LogP contribution in [0, 0.1) is 0 Å². The van der Waals surface area contributed by atoms with Gasteiger partial charge in [-0.15, -0.1) is 0 Å². The molecule has 4 nitrogen and oxygen atoms in total. The van der Waals surface area contributed by atoms with E-state index in [4.69, 9.17) is 21.1 Å². The summed E-state index contributed by atoms with van der Waals surface area (Å²) < 4.78 is 10.3. The maximum atomic E-state index is 11.8. The molecule has 0 spiro atoms. The van der Waals surface area contributed by atoms with Crippen LogP contribution in [0.25, 0.3) is 0 Å². The fourth-order valence-corrected chi connectivity index (χ4v) is 2.18. The van der Waals surface area contributed by atoms with Gasteiger partial charge in [-0.25, -0.2) is 0 Å². The van der Waals surface area contributed by atoms with Crippen molar-refractivity contribution in [2.24, 2.45) is 0 Å². The summed E-state index contributed by atoms with van der Waals surface area (Å²) in [5.41, 5.74) is 1.16. The van der Waals surface area contributed by atoms with E-state index in [1.807, 2.05) is 12.1 Å². The van der Waals surface area contributed by atoms with Crippen molar-refractivity contribution in [3.63, 3.8) is 0 Å². The van der Waals surface area contributed by atoms with E-state index in [1.165, 1.54) is 0 Å². The molecular formula is C19H19ClO4. The van der Waals surface area contributed by atoms with Crippen LogP contribution < -0.4 is 9.47 Å². The van der Waals surface area contributed by atoms with Crippen molar-refractivity contribution < 1.29 is 19.1 Å². The number of ether oxygens (including phenoxy) is 2. The standard InChI is InChI=1S/C19H19ClO4/c1-13(2)14-7-9-15(10-8-14)23-18(21)11-12-19(22)24-17-6-4-3-5-16(17)20/h3-10,13H,11-12H2,1-2H3. The lowest BCUT2D eigenvalue weighted by molar-refractivity contribution is -0.140. The molecule has 0 saturated heterocycles. The second-order valence-electron chi connectivity index (χ2n) is 5.60. The summed E-state index contributed by atoms with van der Waals surface area (Å²) in [6.45, 7) is 4.18. The van der Waals surface area contributed by atoms with Crippen LogP contribution in [0.5, 0.6) is 11.5 Å². The lowest BCUT2D eigenvalue weighted by Crippen LogP contribution is -2.14. The van der Waals surface area contributed by atoms with Crippen LogP contribution in [0.2, 0.25) is 5.02 Å². The molecule has 0 aromatic heterocycles. The molecule has 0 aliphatic heterocycles. The molecule has 0 N–H and O–H groups in total. The maximum Gasteiger partial charge on any atom is 0.311 e. The molecule has 0 heterocycles. The maximum absolute atomic E-state index is 11.8. The third kappa shape index (κ3) is 5.39. The smallest absolute Gasteiger partial charge is 0.311 e. The van der Waals surface area contributed by atoms with Gasteiger partial charge in [-0.1, -0.05) is 49.7 Å². The number of hydrogen-bond acceptors (Lipinski definition) is 4. The Hall–Kier alpha value is -2.33. The fourth-order valence-electron chi connectivity index (χ4n) is 2.01. The Morgan fingerprint density at radius 2 is 1.50 bits per heavy atom. The number of carbonyl (C=O) groups is 2. The highest BCUT2D eigenvalue weighted by Gasteiger charge is 2.12. The summed E-state index contributed by atoms with van der Waals surface area (Å²) in [6.07, 6.45) is -0.136. The predicted octanol–water partition coefficient (Wildman–Crippen LogP) is 4.75. The molecule has 0 aliphatic rings. The van der Waals surface area contributed by atoms with Gasteiger partial charge in [0.05, 0.1) is 17.9 Å². The van der Waals surface area contributed by atoms with Crippen LogP contribution >= 0.6 is 11.6 Å². The molecule has 2 aromatic rings. The van der Waals surface area contributed by atoms with Crippen molar-refractivity contribution in [1.82, 2.24) is 0 Å². The second-order valence-corrected chi connectivity index (χ2v) is 6.01. The average Bonchev–Trinajstić information content (AvgIpc) is 2.55. The summed E-state index contributed by atoms with van der Waals surface area (Å²) in [5.74, 6) is 0.138. The van der Waals surface area contributed by atoms with Crippen molar-refractivity contribution in [2.45, 2.75) is 32.6 Å². The van der Waals surface area contributed by atoms with Crippen LogP contribution in [0.15, 0.2) is 48.5 Å². The van der Waals surface area contributed by atoms with Crippen molar-refractivity contribution in [3.05, 3.63) is 59.1 Å². The zero-order valence-corrected chi connectivity index (χ0v) is 14.4. The van der Waals surface area contributed by atoms with E-state index < -0.39 is 11.9 Å². The Balaban J connectivity index is 1.80. The zero-order chi connectivity index (χ0) is 17.5. The molecule has 0 atom stereocenters. The number of hydrogen-bond donors (Lipinski definition) is 0. The fraction of sp³-hybridized carbons (Fsp3) is 0.263. The van der Waals surface area contributed by atoms with E-state index in [0.717, 1.165) is 5.56 Å². The molecule has 2 aromatic carbocycles. The monoisotopic (exact) mass is 346 g/mol. The molecule has 0 aliphatic carbocycles. The van der Waals surface area contributed by atoms with E-state index in [2.05, 4.69) is 13.8 Å². The van der Waals surface area contributed by atoms with Crippen LogP contribution in [-0.2, 0) is 9.59 Å². The van der Waals surface area contributed by atoms with E-state index in [-0.39, 0.29) is 18.6 Å². The number of halogens is 1. The molecule has 0 fully saturated rings. The van der Waals surface area contributed by atoms with Crippen molar-refractivity contribution in [1.29, 1.82) is 0 Å². The summed E-state index contributed by atoms with van der Waals surface area (Å²) in [6, 6.07) is 14.0. The van der Waals surface area contributed by atoms with Crippen LogP contribution in [-0.4, -0.2) is 11.9 Å². The first kappa shape index (κ1) is 18.0. The summed E-state index contributed by atoms with van der Waals surface area (Å²) in [7, 11) is 0. The van der Waals surface area contributed by atoms with Gasteiger partial charge < -0.3 is 9.47 Å². The van der Waals surface area contributed by atoms with Gasteiger partial charge in [0.2, 0.25) is 0 Å². The van der Waals surface area contributed by atoms with E-state index in [9.17, 15) is 9.59 Å². The van der Waals surface area contributed by atoms with E-state index in [1.54, 1.807) is 36.4 Å². The molecule has 0 amide bonds. The summed E-state index contributed by atoms with van der Waals surface area (Å²) >= 11 is 5.90. The zero-order valence-electron chi connectivity index (χ0n) is 13.6. The second kappa shape index (κ2) is 8.50. The van der Waals surface area contributed by atoms with Crippen LogP contribution in [0.4, 0.5) is 0 Å². The van der Waals surface area contributed by atoms with Crippen LogP contribution in [0.1, 0.15) is 38.2 Å². The SMILES string of the molecule is CC(C)c1ccc(OC(=O)CCC(=O)Oc2ccccc2Cl)cc1. The molecule has 5 heteroatoms. The lowest BCUT2D eigenvalue weighted by Gasteiger charge is -2.08. The van der Waals surface area contributed by atoms with Crippen LogP contribution in [0.3, 0.4) is 0 Å². The third-order valence-electron chi connectivity index (χ3n) is 3.37. The molecule has 24 heavy (non-hydrogen) atoms. The molecule has 2 rings (SSSR count). The van der Waals surface area contributed by atoms with E-state index >= 15 is 0 Å². The van der Waals surface area contributed by atoms with Crippen molar-refractivity contribution in [2.75, 3.05) is 0 Å². The molecule has 0 bridgehead atoms. The van der Waals surface area contributed by atoms with Gasteiger partial charge in [0, 0.05) is 0 Å². The molecule has 0 radical (unpaired) electrons. The highest BCUT2D eigenvalue weighted by Crippen LogP contribution is 2.23. The van der Waals surface area contributed by atoms with Gasteiger partial charge >= 0.3 is 11.9 Å². The molecule has 126 valence electrons. The molecular weight excluding hydrogens is 328 g/mol. The van der Waals surface area contributed by atoms with E-state index in [0.29, 0.717) is 16.7 Å². The Bertz CT molecular complexity index is 708. The summed E-state index contributed by atoms with van der Waals surface area (Å²) in [5, 5.41) is 0.346. The Morgan fingerprint density at radius 1 is 0.917 bits per heavy atom. The van der Waals surface area contributed by atoms with Gasteiger partial charge in [-0.3, -0.25) is 9.59 Å². The molecule has 0 saturated carbocycles. The minimum atomic E-state index is -0.532. The highest BCUT2D eigenvalue weighted by molar-refractivity contribution is 6.32. The minimum Gasteiger partial charge on any atom is -0.427 e. The van der Waals surface area contributed by atoms with Gasteiger partial charge in [-0.2, -0.15) is 0 Å². The first-order chi connectivity index (χ1) is 11.5. The third-order valence-corrected chi connectivity index (χ3v) is 3.68. The van der Waals surface area contributed by atoms with Gasteiger partial charge in [0.15, 0.2) is 0 Å². The quantitative estimate of drug-likeness (QED) is 0.559. The van der Waals surface area contributed by atoms with Crippen molar-refractivity contribution in [3.8, 4) is 11.5 Å². The molecule has 0 unspecified atom stereocenters. The van der Waals surface area contributed by atoms with Gasteiger partial charge in [-0.05, 0) is 35.7 Å². The summed E-state index contributed by atoms with van der Waals surface area (Å²) in [4.78, 5) is 23.6. The highest BCUT2D eigenvalue weighted by atomic mass is 35.5. The first-order valence-electron chi connectivity index (χ1n) is 7.71. The lowest BCUT2D eigenvalue weighted by atomic mass is 10.0. The first-order valence-corrected chi connectivity index (χ1v) is 8.09. The van der Waals surface area contributed by atoms with Gasteiger partial charge in [0.1, 0.15) is 11.5 Å². The van der Waals surface area contributed by atoms with Crippen molar-refractivity contribution >= 4 is 23.5 Å². The number of esters is 2. The number of para-hydroxylation sites is 1. The van der Waals surface area contributed by atoms with Gasteiger partial charge in [0.25, 0.3) is 0 Å². The predicted molar refractivity (Wildman–Crippen MR) is 92.5 cm³/mol. The topological polar surface area (TPSA) is 52.6 Å². The number of carbonyl (C=O) groups excluding carboxylic acids is 2. The number of rotatable bonds is 6. The normalized spacial score (nSPS) is 10.5. The minimum absolute atomic E-state index is 0.0603. The Kier molecular flexibility index (Phi) is 6.38. The average molecular weight is 347 g/mol. The largest absolute Gasteiger partial charge is 0.427 e. The Morgan fingerprint density at radius 3 is 2.08 bits per heavy atom.